The number of hydrogen-bond donors (Lipinski definition) is 1. The van der Waals surface area contributed by atoms with Crippen LogP contribution in [0.25, 0.3) is 0 Å². The fourth-order valence-electron chi connectivity index (χ4n) is 3.17. The number of rotatable bonds is 8. The molecule has 0 unspecified atom stereocenters. The van der Waals surface area contributed by atoms with Crippen molar-refractivity contribution < 1.29 is 17.9 Å². The van der Waals surface area contributed by atoms with Gasteiger partial charge in [0.25, 0.3) is 0 Å². The molecule has 1 fully saturated rings. The third-order valence-electron chi connectivity index (χ3n) is 4.74. The fraction of sp³-hybridized carbons (Fsp3) is 0.632. The second-order valence-electron chi connectivity index (χ2n) is 7.33. The highest BCUT2D eigenvalue weighted by molar-refractivity contribution is 7.89. The number of amides is 1. The fourth-order valence-corrected chi connectivity index (χ4v) is 4.82. The highest BCUT2D eigenvalue weighted by Crippen LogP contribution is 2.27. The summed E-state index contributed by atoms with van der Waals surface area (Å²) in [7, 11) is -2.17. The monoisotopic (exact) mass is 382 g/mol. The first-order valence-corrected chi connectivity index (χ1v) is 10.7. The standard InChI is InChI=1S/C19H30N2O4S/c1-14(2)7-8-15(3)20-19(22)18-6-5-13-21(18)26(23,24)17-11-9-16(25-4)10-12-17/h9-12,14-15,18H,5-8,13H2,1-4H3,(H,20,22)/t15-,18-/m0/s1. The molecular formula is C19H30N2O4S. The van der Waals surface area contributed by atoms with E-state index in [0.29, 0.717) is 31.1 Å². The number of sulfonamides is 1. The number of ether oxygens (including phenoxy) is 1. The molecule has 1 aliphatic rings. The Hall–Kier alpha value is -1.60. The summed E-state index contributed by atoms with van der Waals surface area (Å²) in [5.41, 5.74) is 0. The summed E-state index contributed by atoms with van der Waals surface area (Å²) in [6.45, 7) is 6.63. The molecule has 1 aromatic rings. The van der Waals surface area contributed by atoms with Gasteiger partial charge in [-0.3, -0.25) is 4.79 Å². The number of nitrogens with one attached hydrogen (secondary N) is 1. The van der Waals surface area contributed by atoms with Gasteiger partial charge in [-0.1, -0.05) is 13.8 Å². The zero-order chi connectivity index (χ0) is 19.3. The van der Waals surface area contributed by atoms with E-state index in [9.17, 15) is 13.2 Å². The van der Waals surface area contributed by atoms with Gasteiger partial charge in [-0.2, -0.15) is 4.31 Å². The van der Waals surface area contributed by atoms with Crippen LogP contribution in [-0.4, -0.2) is 44.4 Å². The Morgan fingerprint density at radius 3 is 2.46 bits per heavy atom. The highest BCUT2D eigenvalue weighted by Gasteiger charge is 2.39. The van der Waals surface area contributed by atoms with E-state index in [2.05, 4.69) is 19.2 Å². The normalized spacial score (nSPS) is 19.5. The van der Waals surface area contributed by atoms with Crippen molar-refractivity contribution in [2.24, 2.45) is 5.92 Å². The van der Waals surface area contributed by atoms with Gasteiger partial charge in [0, 0.05) is 12.6 Å². The van der Waals surface area contributed by atoms with Crippen molar-refractivity contribution in [2.75, 3.05) is 13.7 Å². The van der Waals surface area contributed by atoms with E-state index in [0.717, 1.165) is 12.8 Å². The molecule has 1 amide bonds. The molecule has 0 spiro atoms. The van der Waals surface area contributed by atoms with E-state index in [-0.39, 0.29) is 16.8 Å². The van der Waals surface area contributed by atoms with E-state index in [1.807, 2.05) is 6.92 Å². The van der Waals surface area contributed by atoms with Gasteiger partial charge < -0.3 is 10.1 Å². The van der Waals surface area contributed by atoms with Gasteiger partial charge >= 0.3 is 0 Å². The smallest absolute Gasteiger partial charge is 0.243 e. The summed E-state index contributed by atoms with van der Waals surface area (Å²) < 4.78 is 32.3. The second-order valence-corrected chi connectivity index (χ2v) is 9.22. The molecule has 1 aliphatic heterocycles. The Morgan fingerprint density at radius 1 is 1.23 bits per heavy atom. The molecule has 1 heterocycles. The Labute approximate surface area is 157 Å². The van der Waals surface area contributed by atoms with Crippen LogP contribution in [0.15, 0.2) is 29.2 Å². The van der Waals surface area contributed by atoms with E-state index in [4.69, 9.17) is 4.74 Å². The van der Waals surface area contributed by atoms with Gasteiger partial charge in [-0.05, 0) is 62.8 Å². The van der Waals surface area contributed by atoms with Crippen molar-refractivity contribution in [1.29, 1.82) is 0 Å². The zero-order valence-electron chi connectivity index (χ0n) is 16.1. The van der Waals surface area contributed by atoms with Gasteiger partial charge in [0.15, 0.2) is 0 Å². The van der Waals surface area contributed by atoms with E-state index >= 15 is 0 Å². The van der Waals surface area contributed by atoms with Crippen molar-refractivity contribution in [3.05, 3.63) is 24.3 Å². The Morgan fingerprint density at radius 2 is 1.88 bits per heavy atom. The molecule has 2 rings (SSSR count). The van der Waals surface area contributed by atoms with Gasteiger partial charge in [0.1, 0.15) is 11.8 Å². The van der Waals surface area contributed by atoms with Crippen LogP contribution in [0.5, 0.6) is 5.75 Å². The number of methoxy groups -OCH3 is 1. The van der Waals surface area contributed by atoms with Crippen molar-refractivity contribution >= 4 is 15.9 Å². The van der Waals surface area contributed by atoms with Gasteiger partial charge in [0.2, 0.25) is 15.9 Å². The van der Waals surface area contributed by atoms with E-state index in [1.165, 1.54) is 23.5 Å². The number of nitrogens with zero attached hydrogens (tertiary/aromatic N) is 1. The van der Waals surface area contributed by atoms with E-state index < -0.39 is 16.1 Å². The highest BCUT2D eigenvalue weighted by atomic mass is 32.2. The molecular weight excluding hydrogens is 352 g/mol. The topological polar surface area (TPSA) is 75.7 Å². The Bertz CT molecular complexity index is 701. The van der Waals surface area contributed by atoms with Crippen LogP contribution in [-0.2, 0) is 14.8 Å². The number of benzene rings is 1. The molecule has 1 aromatic carbocycles. The average molecular weight is 383 g/mol. The molecule has 7 heteroatoms. The van der Waals surface area contributed by atoms with Crippen molar-refractivity contribution in [3.63, 3.8) is 0 Å². The lowest BCUT2D eigenvalue weighted by Gasteiger charge is -2.25. The molecule has 1 N–H and O–H groups in total. The second kappa shape index (κ2) is 8.86. The summed E-state index contributed by atoms with van der Waals surface area (Å²) >= 11 is 0. The van der Waals surface area contributed by atoms with Gasteiger partial charge in [-0.15, -0.1) is 0 Å². The molecule has 1 saturated heterocycles. The lowest BCUT2D eigenvalue weighted by Crippen LogP contribution is -2.48. The first-order valence-electron chi connectivity index (χ1n) is 9.22. The maximum atomic E-state index is 13.0. The molecule has 146 valence electrons. The lowest BCUT2D eigenvalue weighted by atomic mass is 10.0. The third kappa shape index (κ3) is 4.98. The zero-order valence-corrected chi connectivity index (χ0v) is 16.9. The predicted molar refractivity (Wildman–Crippen MR) is 102 cm³/mol. The van der Waals surface area contributed by atoms with Crippen LogP contribution in [0, 0.1) is 5.92 Å². The largest absolute Gasteiger partial charge is 0.497 e. The SMILES string of the molecule is COc1ccc(S(=O)(=O)N2CCC[C@H]2C(=O)N[C@@H](C)CCC(C)C)cc1. The Balaban J connectivity index is 2.09. The molecule has 0 aromatic heterocycles. The molecule has 0 aliphatic carbocycles. The molecule has 0 saturated carbocycles. The van der Waals surface area contributed by atoms with Gasteiger partial charge in [-0.25, -0.2) is 8.42 Å². The first-order chi connectivity index (χ1) is 12.3. The van der Waals surface area contributed by atoms with Crippen molar-refractivity contribution in [1.82, 2.24) is 9.62 Å². The summed E-state index contributed by atoms with van der Waals surface area (Å²) in [5.74, 6) is 0.974. The maximum Gasteiger partial charge on any atom is 0.243 e. The average Bonchev–Trinajstić information content (AvgIpc) is 3.10. The van der Waals surface area contributed by atoms with Crippen LogP contribution >= 0.6 is 0 Å². The number of hydrogen-bond acceptors (Lipinski definition) is 4. The predicted octanol–water partition coefficient (Wildman–Crippen LogP) is 2.79. The van der Waals surface area contributed by atoms with Crippen LogP contribution in [0.1, 0.15) is 46.5 Å². The summed E-state index contributed by atoms with van der Waals surface area (Å²) in [6.07, 6.45) is 3.16. The number of carbonyl (C=O) groups excluding carboxylic acids is 1. The quantitative estimate of drug-likeness (QED) is 0.750. The molecule has 0 bridgehead atoms. The molecule has 0 radical (unpaired) electrons. The van der Waals surface area contributed by atoms with Crippen LogP contribution in [0.3, 0.4) is 0 Å². The summed E-state index contributed by atoms with van der Waals surface area (Å²) in [4.78, 5) is 12.8. The van der Waals surface area contributed by atoms with Crippen molar-refractivity contribution in [2.45, 2.75) is 63.4 Å². The van der Waals surface area contributed by atoms with Gasteiger partial charge in [0.05, 0.1) is 12.0 Å². The molecule has 26 heavy (non-hydrogen) atoms. The molecule has 2 atom stereocenters. The van der Waals surface area contributed by atoms with Crippen molar-refractivity contribution in [3.8, 4) is 5.75 Å². The van der Waals surface area contributed by atoms with Crippen LogP contribution in [0.4, 0.5) is 0 Å². The van der Waals surface area contributed by atoms with Crippen LogP contribution in [0.2, 0.25) is 0 Å². The number of carbonyl (C=O) groups is 1. The Kier molecular flexibility index (Phi) is 7.06. The minimum absolute atomic E-state index is 0.0380. The summed E-state index contributed by atoms with van der Waals surface area (Å²) in [6, 6.07) is 5.68. The summed E-state index contributed by atoms with van der Waals surface area (Å²) in [5, 5.41) is 2.98. The lowest BCUT2D eigenvalue weighted by molar-refractivity contribution is -0.124. The minimum Gasteiger partial charge on any atom is -0.497 e. The maximum absolute atomic E-state index is 13.0. The molecule has 6 nitrogen and oxygen atoms in total. The van der Waals surface area contributed by atoms with E-state index in [1.54, 1.807) is 12.1 Å². The minimum atomic E-state index is -3.70. The first kappa shape index (κ1) is 20.7. The third-order valence-corrected chi connectivity index (χ3v) is 6.66. The van der Waals surface area contributed by atoms with Crippen LogP contribution < -0.4 is 10.1 Å².